The van der Waals surface area contributed by atoms with E-state index in [1.54, 1.807) is 57.6 Å². The molecule has 0 spiro atoms. The lowest BCUT2D eigenvalue weighted by molar-refractivity contribution is -0.147. The highest BCUT2D eigenvalue weighted by Gasteiger charge is 2.30. The molecule has 0 aliphatic carbocycles. The average molecular weight is 460 g/mol. The first-order valence-electron chi connectivity index (χ1n) is 10.6. The van der Waals surface area contributed by atoms with Crippen molar-refractivity contribution in [2.45, 2.75) is 13.5 Å². The minimum Gasteiger partial charge on any atom is -0.493 e. The molecule has 1 aliphatic heterocycles. The van der Waals surface area contributed by atoms with Gasteiger partial charge in [0.25, 0.3) is 0 Å². The molecule has 4 rings (SSSR count). The number of carbonyl (C=O) groups is 2. The first kappa shape index (κ1) is 22.9. The summed E-state index contributed by atoms with van der Waals surface area (Å²) in [7, 11) is 3.10. The molecule has 1 heterocycles. The molecule has 0 fully saturated rings. The van der Waals surface area contributed by atoms with E-state index < -0.39 is 5.97 Å². The van der Waals surface area contributed by atoms with Gasteiger partial charge in [0.05, 0.1) is 19.8 Å². The molecule has 0 aromatic heterocycles. The first-order chi connectivity index (χ1) is 16.5. The monoisotopic (exact) mass is 460 g/mol. The van der Waals surface area contributed by atoms with E-state index in [4.69, 9.17) is 23.7 Å². The third kappa shape index (κ3) is 5.04. The molecule has 0 unspecified atom stereocenters. The summed E-state index contributed by atoms with van der Waals surface area (Å²) in [5.41, 5.74) is 2.77. The van der Waals surface area contributed by atoms with E-state index in [2.05, 4.69) is 0 Å². The van der Waals surface area contributed by atoms with Crippen molar-refractivity contribution in [1.29, 1.82) is 0 Å². The van der Waals surface area contributed by atoms with Gasteiger partial charge in [-0.2, -0.15) is 0 Å². The topological polar surface area (TPSA) is 80.3 Å². The number of fused-ring (bicyclic) bond motifs is 1. The van der Waals surface area contributed by atoms with Gasteiger partial charge in [-0.05, 0) is 47.9 Å². The SMILES string of the molecule is COc1ccc(/C=C2\Oc3cc(OCC(=O)OCc4ccccc4)cc(C)c3C2=O)cc1OC. The van der Waals surface area contributed by atoms with Crippen LogP contribution in [0.25, 0.3) is 6.08 Å². The van der Waals surface area contributed by atoms with Crippen LogP contribution in [0.5, 0.6) is 23.0 Å². The quantitative estimate of drug-likeness (QED) is 0.354. The molecule has 0 atom stereocenters. The van der Waals surface area contributed by atoms with Gasteiger partial charge in [-0.1, -0.05) is 36.4 Å². The van der Waals surface area contributed by atoms with Crippen LogP contribution in [-0.2, 0) is 16.1 Å². The molecule has 7 heteroatoms. The van der Waals surface area contributed by atoms with Gasteiger partial charge in [0.1, 0.15) is 18.1 Å². The number of aryl methyl sites for hydroxylation is 1. The van der Waals surface area contributed by atoms with Gasteiger partial charge >= 0.3 is 5.97 Å². The number of esters is 1. The Bertz CT molecular complexity index is 1250. The summed E-state index contributed by atoms with van der Waals surface area (Å²) in [6.07, 6.45) is 1.64. The summed E-state index contributed by atoms with van der Waals surface area (Å²) < 4.78 is 27.2. The molecule has 3 aromatic rings. The summed E-state index contributed by atoms with van der Waals surface area (Å²) in [4.78, 5) is 25.0. The lowest BCUT2D eigenvalue weighted by atomic mass is 10.0. The number of rotatable bonds is 8. The summed E-state index contributed by atoms with van der Waals surface area (Å²) in [5, 5.41) is 0. The van der Waals surface area contributed by atoms with Crippen LogP contribution in [0.4, 0.5) is 0 Å². The number of hydrogen-bond acceptors (Lipinski definition) is 7. The molecule has 174 valence electrons. The Labute approximate surface area is 197 Å². The molecule has 0 amide bonds. The second-order valence-electron chi connectivity index (χ2n) is 7.60. The van der Waals surface area contributed by atoms with Gasteiger partial charge in [0.15, 0.2) is 23.9 Å². The van der Waals surface area contributed by atoms with Crippen molar-refractivity contribution in [3.05, 3.63) is 88.7 Å². The normalized spacial score (nSPS) is 13.3. The third-order valence-electron chi connectivity index (χ3n) is 5.25. The second-order valence-corrected chi connectivity index (χ2v) is 7.60. The van der Waals surface area contributed by atoms with E-state index in [0.29, 0.717) is 34.1 Å². The molecule has 0 radical (unpaired) electrons. The number of Topliss-reactive ketones (excluding diaryl/α,β-unsaturated/α-hetero) is 1. The number of hydrogen-bond donors (Lipinski definition) is 0. The lowest BCUT2D eigenvalue weighted by Gasteiger charge is -2.09. The van der Waals surface area contributed by atoms with Crippen molar-refractivity contribution in [3.8, 4) is 23.0 Å². The van der Waals surface area contributed by atoms with Crippen LogP contribution < -0.4 is 18.9 Å². The fraction of sp³-hybridized carbons (Fsp3) is 0.185. The van der Waals surface area contributed by atoms with Crippen molar-refractivity contribution in [2.24, 2.45) is 0 Å². The zero-order valence-electron chi connectivity index (χ0n) is 19.1. The Kier molecular flexibility index (Phi) is 6.82. The number of methoxy groups -OCH3 is 2. The Morgan fingerprint density at radius 3 is 2.47 bits per heavy atom. The highest BCUT2D eigenvalue weighted by Crippen LogP contribution is 2.38. The average Bonchev–Trinajstić information content (AvgIpc) is 3.17. The van der Waals surface area contributed by atoms with E-state index in [1.165, 1.54) is 0 Å². The molecule has 0 saturated carbocycles. The van der Waals surface area contributed by atoms with E-state index in [9.17, 15) is 9.59 Å². The summed E-state index contributed by atoms with van der Waals surface area (Å²) in [6.45, 7) is 1.71. The van der Waals surface area contributed by atoms with Crippen LogP contribution in [-0.4, -0.2) is 32.6 Å². The molecule has 1 aliphatic rings. The van der Waals surface area contributed by atoms with E-state index in [1.807, 2.05) is 30.3 Å². The Morgan fingerprint density at radius 2 is 1.74 bits per heavy atom. The maximum atomic E-state index is 12.9. The highest BCUT2D eigenvalue weighted by atomic mass is 16.6. The summed E-state index contributed by atoms with van der Waals surface area (Å²) >= 11 is 0. The minimum absolute atomic E-state index is 0.175. The maximum absolute atomic E-state index is 12.9. The van der Waals surface area contributed by atoms with Crippen molar-refractivity contribution in [3.63, 3.8) is 0 Å². The number of allylic oxidation sites excluding steroid dienone is 1. The van der Waals surface area contributed by atoms with Crippen LogP contribution in [0.2, 0.25) is 0 Å². The zero-order valence-corrected chi connectivity index (χ0v) is 19.1. The minimum atomic E-state index is -0.493. The van der Waals surface area contributed by atoms with Crippen molar-refractivity contribution in [1.82, 2.24) is 0 Å². The van der Waals surface area contributed by atoms with Crippen LogP contribution in [0.15, 0.2) is 66.4 Å². The molecular weight excluding hydrogens is 436 g/mol. The van der Waals surface area contributed by atoms with Crippen LogP contribution in [0.3, 0.4) is 0 Å². The van der Waals surface area contributed by atoms with Crippen molar-refractivity contribution in [2.75, 3.05) is 20.8 Å². The number of ketones is 1. The fourth-order valence-electron chi connectivity index (χ4n) is 3.58. The lowest BCUT2D eigenvalue weighted by Crippen LogP contribution is -2.14. The molecule has 0 N–H and O–H groups in total. The van der Waals surface area contributed by atoms with Gasteiger partial charge in [-0.3, -0.25) is 4.79 Å². The van der Waals surface area contributed by atoms with Gasteiger partial charge in [-0.15, -0.1) is 0 Å². The molecular formula is C27H24O7. The predicted molar refractivity (Wildman–Crippen MR) is 125 cm³/mol. The predicted octanol–water partition coefficient (Wildman–Crippen LogP) is 4.75. The fourth-order valence-corrected chi connectivity index (χ4v) is 3.58. The maximum Gasteiger partial charge on any atom is 0.344 e. The van der Waals surface area contributed by atoms with Crippen LogP contribution in [0, 0.1) is 6.92 Å². The van der Waals surface area contributed by atoms with Gasteiger partial charge in [-0.25, -0.2) is 4.79 Å². The number of ether oxygens (including phenoxy) is 5. The van der Waals surface area contributed by atoms with Gasteiger partial charge < -0.3 is 23.7 Å². The van der Waals surface area contributed by atoms with Crippen LogP contribution >= 0.6 is 0 Å². The summed E-state index contributed by atoms with van der Waals surface area (Å²) in [5.74, 6) is 1.39. The van der Waals surface area contributed by atoms with Crippen molar-refractivity contribution >= 4 is 17.8 Å². The molecule has 7 nitrogen and oxygen atoms in total. The Balaban J connectivity index is 1.44. The first-order valence-corrected chi connectivity index (χ1v) is 10.6. The molecule has 0 bridgehead atoms. The number of carbonyl (C=O) groups excluding carboxylic acids is 2. The Hall–Kier alpha value is -4.26. The van der Waals surface area contributed by atoms with E-state index in [0.717, 1.165) is 11.1 Å². The van der Waals surface area contributed by atoms with Gasteiger partial charge in [0, 0.05) is 6.07 Å². The van der Waals surface area contributed by atoms with Crippen LogP contribution in [0.1, 0.15) is 27.0 Å². The number of benzene rings is 3. The van der Waals surface area contributed by atoms with E-state index in [-0.39, 0.29) is 24.8 Å². The third-order valence-corrected chi connectivity index (χ3v) is 5.25. The second kappa shape index (κ2) is 10.1. The smallest absolute Gasteiger partial charge is 0.344 e. The highest BCUT2D eigenvalue weighted by molar-refractivity contribution is 6.15. The van der Waals surface area contributed by atoms with E-state index >= 15 is 0 Å². The molecule has 34 heavy (non-hydrogen) atoms. The largest absolute Gasteiger partial charge is 0.493 e. The molecule has 3 aromatic carbocycles. The summed E-state index contributed by atoms with van der Waals surface area (Å²) in [6, 6.07) is 18.0. The standard InChI is InChI=1S/C27H24O7/c1-17-11-20(32-16-25(28)33-15-18-7-5-4-6-8-18)14-23-26(17)27(29)24(34-23)13-19-9-10-21(30-2)22(12-19)31-3/h4-14H,15-16H2,1-3H3/b24-13-. The molecule has 0 saturated heterocycles. The van der Waals surface area contributed by atoms with Gasteiger partial charge in [0.2, 0.25) is 5.78 Å². The Morgan fingerprint density at radius 1 is 0.971 bits per heavy atom. The zero-order chi connectivity index (χ0) is 24.1. The van der Waals surface area contributed by atoms with Crippen molar-refractivity contribution < 1.29 is 33.3 Å².